The normalized spacial score (nSPS) is 16.2. The van der Waals surface area contributed by atoms with E-state index in [1.54, 1.807) is 29.2 Å². The van der Waals surface area contributed by atoms with E-state index in [2.05, 4.69) is 5.32 Å². The summed E-state index contributed by atoms with van der Waals surface area (Å²) in [6, 6.07) is 12.5. The average molecular weight is 401 g/mol. The van der Waals surface area contributed by atoms with Gasteiger partial charge in [0.25, 0.3) is 5.91 Å². The molecule has 0 aliphatic carbocycles. The molecule has 1 atom stereocenters. The van der Waals surface area contributed by atoms with Crippen LogP contribution in [-0.4, -0.2) is 30.9 Å². The van der Waals surface area contributed by atoms with E-state index in [0.717, 1.165) is 16.8 Å². The van der Waals surface area contributed by atoms with Crippen molar-refractivity contribution in [3.63, 3.8) is 0 Å². The van der Waals surface area contributed by atoms with Crippen molar-refractivity contribution >= 4 is 40.8 Å². The molecule has 1 heterocycles. The molecule has 3 rings (SSSR count). The third-order valence-electron chi connectivity index (χ3n) is 4.62. The molecule has 1 N–H and O–H groups in total. The Morgan fingerprint density at radius 2 is 1.86 bits per heavy atom. The number of carbonyl (C=O) groups is 3. The van der Waals surface area contributed by atoms with Gasteiger partial charge < -0.3 is 15.0 Å². The van der Waals surface area contributed by atoms with Gasteiger partial charge in [-0.05, 0) is 43.2 Å². The molecule has 1 saturated heterocycles. The lowest BCUT2D eigenvalue weighted by Gasteiger charge is -2.21. The largest absolute Gasteiger partial charge is 0.455 e. The molecule has 0 bridgehead atoms. The number of aryl methyl sites for hydroxylation is 2. The van der Waals surface area contributed by atoms with Crippen LogP contribution in [0.15, 0.2) is 42.5 Å². The van der Waals surface area contributed by atoms with Gasteiger partial charge in [-0.25, -0.2) is 0 Å². The number of rotatable bonds is 5. The lowest BCUT2D eigenvalue weighted by Crippen LogP contribution is -2.29. The second-order valence-corrected chi connectivity index (χ2v) is 7.25. The summed E-state index contributed by atoms with van der Waals surface area (Å²) in [7, 11) is 0. The number of hydrogen-bond donors (Lipinski definition) is 1. The number of esters is 1. The van der Waals surface area contributed by atoms with Crippen LogP contribution in [0, 0.1) is 19.8 Å². The first kappa shape index (κ1) is 19.9. The lowest BCUT2D eigenvalue weighted by atomic mass is 10.1. The zero-order valence-electron chi connectivity index (χ0n) is 15.7. The second kappa shape index (κ2) is 8.44. The fourth-order valence-electron chi connectivity index (χ4n) is 3.33. The summed E-state index contributed by atoms with van der Waals surface area (Å²) in [5.41, 5.74) is 3.30. The van der Waals surface area contributed by atoms with Gasteiger partial charge in [0.15, 0.2) is 6.61 Å². The number of ether oxygens (including phenoxy) is 1. The summed E-state index contributed by atoms with van der Waals surface area (Å²) >= 11 is 5.87. The minimum atomic E-state index is -0.592. The van der Waals surface area contributed by atoms with E-state index in [4.69, 9.17) is 16.3 Å². The van der Waals surface area contributed by atoms with Gasteiger partial charge in [0, 0.05) is 29.4 Å². The van der Waals surface area contributed by atoms with Crippen molar-refractivity contribution in [3.05, 3.63) is 58.6 Å². The van der Waals surface area contributed by atoms with Crippen molar-refractivity contribution in [2.75, 3.05) is 23.4 Å². The number of anilines is 2. The highest BCUT2D eigenvalue weighted by molar-refractivity contribution is 6.30. The van der Waals surface area contributed by atoms with Gasteiger partial charge in [-0.1, -0.05) is 35.9 Å². The topological polar surface area (TPSA) is 75.7 Å². The highest BCUT2D eigenvalue weighted by atomic mass is 35.5. The van der Waals surface area contributed by atoms with E-state index in [1.165, 1.54) is 0 Å². The number of nitrogens with zero attached hydrogens (tertiary/aromatic N) is 1. The van der Waals surface area contributed by atoms with Gasteiger partial charge in [-0.3, -0.25) is 14.4 Å². The number of benzene rings is 2. The van der Waals surface area contributed by atoms with Crippen LogP contribution >= 0.6 is 11.6 Å². The molecular formula is C21H21ClN2O4. The molecule has 0 spiro atoms. The number of nitrogens with one attached hydrogen (secondary N) is 1. The summed E-state index contributed by atoms with van der Waals surface area (Å²) < 4.78 is 5.12. The van der Waals surface area contributed by atoms with Crippen molar-refractivity contribution in [1.82, 2.24) is 0 Å². The zero-order valence-corrected chi connectivity index (χ0v) is 16.5. The number of amides is 2. The summed E-state index contributed by atoms with van der Waals surface area (Å²) in [6.45, 7) is 3.70. The maximum Gasteiger partial charge on any atom is 0.311 e. The highest BCUT2D eigenvalue weighted by Gasteiger charge is 2.37. The SMILES string of the molecule is Cc1cccc(C)c1N1C[C@H](C(=O)OCC(=O)Nc2cccc(Cl)c2)CC1=O. The lowest BCUT2D eigenvalue weighted by molar-refractivity contribution is -0.151. The molecule has 1 fully saturated rings. The summed E-state index contributed by atoms with van der Waals surface area (Å²) in [5.74, 6) is -1.73. The minimum Gasteiger partial charge on any atom is -0.455 e. The molecule has 0 radical (unpaired) electrons. The van der Waals surface area contributed by atoms with E-state index in [-0.39, 0.29) is 18.9 Å². The molecule has 28 heavy (non-hydrogen) atoms. The van der Waals surface area contributed by atoms with Crippen molar-refractivity contribution < 1.29 is 19.1 Å². The van der Waals surface area contributed by atoms with Gasteiger partial charge >= 0.3 is 5.97 Å². The maximum absolute atomic E-state index is 12.4. The molecule has 2 aromatic rings. The first-order valence-electron chi connectivity index (χ1n) is 8.94. The molecule has 0 saturated carbocycles. The maximum atomic E-state index is 12.4. The van der Waals surface area contributed by atoms with Crippen LogP contribution in [0.2, 0.25) is 5.02 Å². The molecule has 0 aromatic heterocycles. The third-order valence-corrected chi connectivity index (χ3v) is 4.86. The minimum absolute atomic E-state index is 0.0719. The Morgan fingerprint density at radius 1 is 1.18 bits per heavy atom. The van der Waals surface area contributed by atoms with E-state index in [0.29, 0.717) is 10.7 Å². The predicted molar refractivity (Wildman–Crippen MR) is 107 cm³/mol. The molecule has 7 heteroatoms. The smallest absolute Gasteiger partial charge is 0.311 e. The molecule has 1 aliphatic heterocycles. The van der Waals surface area contributed by atoms with Crippen LogP contribution in [0.1, 0.15) is 17.5 Å². The predicted octanol–water partition coefficient (Wildman–Crippen LogP) is 3.49. The van der Waals surface area contributed by atoms with Crippen LogP contribution in [0.25, 0.3) is 0 Å². The first-order chi connectivity index (χ1) is 13.3. The van der Waals surface area contributed by atoms with E-state index in [1.807, 2.05) is 32.0 Å². The number of carbonyl (C=O) groups excluding carboxylic acids is 3. The van der Waals surface area contributed by atoms with E-state index >= 15 is 0 Å². The van der Waals surface area contributed by atoms with Crippen molar-refractivity contribution in [3.8, 4) is 0 Å². The summed E-state index contributed by atoms with van der Waals surface area (Å²) in [4.78, 5) is 38.4. The fourth-order valence-corrected chi connectivity index (χ4v) is 3.52. The second-order valence-electron chi connectivity index (χ2n) is 6.81. The van der Waals surface area contributed by atoms with Crippen molar-refractivity contribution in [1.29, 1.82) is 0 Å². The Morgan fingerprint density at radius 3 is 2.54 bits per heavy atom. The molecule has 0 unspecified atom stereocenters. The molecule has 146 valence electrons. The van der Waals surface area contributed by atoms with Crippen LogP contribution < -0.4 is 10.2 Å². The van der Waals surface area contributed by atoms with Gasteiger partial charge in [0.05, 0.1) is 5.92 Å². The quantitative estimate of drug-likeness (QED) is 0.779. The zero-order chi connectivity index (χ0) is 20.3. The van der Waals surface area contributed by atoms with Crippen molar-refractivity contribution in [2.45, 2.75) is 20.3 Å². The van der Waals surface area contributed by atoms with E-state index < -0.39 is 24.4 Å². The Hall–Kier alpha value is -2.86. The Labute approximate surface area is 168 Å². The molecule has 1 aliphatic rings. The van der Waals surface area contributed by atoms with Crippen LogP contribution in [0.5, 0.6) is 0 Å². The van der Waals surface area contributed by atoms with Crippen LogP contribution in [0.3, 0.4) is 0 Å². The third kappa shape index (κ3) is 4.51. The number of hydrogen-bond acceptors (Lipinski definition) is 4. The molecular weight excluding hydrogens is 380 g/mol. The highest BCUT2D eigenvalue weighted by Crippen LogP contribution is 2.31. The average Bonchev–Trinajstić information content (AvgIpc) is 3.01. The summed E-state index contributed by atoms with van der Waals surface area (Å²) in [6.07, 6.45) is 0.0719. The first-order valence-corrected chi connectivity index (χ1v) is 9.31. The Bertz CT molecular complexity index is 908. The Balaban J connectivity index is 1.57. The molecule has 2 amide bonds. The van der Waals surface area contributed by atoms with Gasteiger partial charge in [-0.15, -0.1) is 0 Å². The van der Waals surface area contributed by atoms with Gasteiger partial charge in [0.1, 0.15) is 0 Å². The number of halogens is 1. The van der Waals surface area contributed by atoms with Crippen LogP contribution in [0.4, 0.5) is 11.4 Å². The standard InChI is InChI=1S/C21H21ClN2O4/c1-13-5-3-6-14(2)20(13)24-11-15(9-19(24)26)21(27)28-12-18(25)23-17-8-4-7-16(22)10-17/h3-8,10,15H,9,11-12H2,1-2H3,(H,23,25)/t15-/m1/s1. The van der Waals surface area contributed by atoms with Crippen LogP contribution in [-0.2, 0) is 19.1 Å². The van der Waals surface area contributed by atoms with Crippen molar-refractivity contribution in [2.24, 2.45) is 5.92 Å². The molecule has 6 nitrogen and oxygen atoms in total. The molecule has 2 aromatic carbocycles. The monoisotopic (exact) mass is 400 g/mol. The van der Waals surface area contributed by atoms with Gasteiger partial charge in [-0.2, -0.15) is 0 Å². The van der Waals surface area contributed by atoms with Gasteiger partial charge in [0.2, 0.25) is 5.91 Å². The summed E-state index contributed by atoms with van der Waals surface area (Å²) in [5, 5.41) is 3.10. The fraction of sp³-hybridized carbons (Fsp3) is 0.286. The number of para-hydroxylation sites is 1. The Kier molecular flexibility index (Phi) is 5.99. The van der Waals surface area contributed by atoms with E-state index in [9.17, 15) is 14.4 Å².